The van der Waals surface area contributed by atoms with E-state index < -0.39 is 0 Å². The highest BCUT2D eigenvalue weighted by molar-refractivity contribution is 7.13. The Labute approximate surface area is 214 Å². The number of amides is 2. The van der Waals surface area contributed by atoms with Crippen LogP contribution in [-0.4, -0.2) is 34.3 Å². The summed E-state index contributed by atoms with van der Waals surface area (Å²) in [6, 6.07) is 7.87. The molecule has 1 aliphatic rings. The summed E-state index contributed by atoms with van der Waals surface area (Å²) in [5.74, 6) is 5.17. The number of likely N-dealkylation sites (tertiary alicyclic amines) is 1. The first kappa shape index (κ1) is 30.1. The number of thiazole rings is 1. The molecule has 1 saturated heterocycles. The SMILES string of the molecule is C/C(N)=C/NN.CC.Cc1ncsc1-c1ccc(CNC(=O)C2CCCN2C(=O)CC(C)C)cc1. The summed E-state index contributed by atoms with van der Waals surface area (Å²) in [5, 5.41) is 3.00. The number of hydrazine groups is 1. The molecule has 0 radical (unpaired) electrons. The summed E-state index contributed by atoms with van der Waals surface area (Å²) in [6.07, 6.45) is 3.66. The summed E-state index contributed by atoms with van der Waals surface area (Å²) < 4.78 is 0. The smallest absolute Gasteiger partial charge is 0.243 e. The standard InChI is InChI=1S/C21H27N3O2S.C3H9N3.C2H6/c1-14(2)11-19(25)24-10-4-5-18(24)21(26)22-12-16-6-8-17(9-7-16)20-15(3)23-13-27-20;1-3(4)2-6-5;1-2/h6-9,13-14,18H,4-5,10-12H2,1-3H3,(H,22,26);2,6H,4-5H2,1H3;1-2H3/b;3-2-;. The van der Waals surface area contributed by atoms with Gasteiger partial charge in [0.15, 0.2) is 0 Å². The van der Waals surface area contributed by atoms with Crippen molar-refractivity contribution >= 4 is 23.2 Å². The van der Waals surface area contributed by atoms with E-state index in [1.807, 2.05) is 52.3 Å². The molecule has 0 spiro atoms. The van der Waals surface area contributed by atoms with Gasteiger partial charge >= 0.3 is 0 Å². The van der Waals surface area contributed by atoms with E-state index in [0.29, 0.717) is 31.1 Å². The van der Waals surface area contributed by atoms with Crippen LogP contribution in [0.5, 0.6) is 0 Å². The fourth-order valence-electron chi connectivity index (χ4n) is 3.60. The molecule has 0 bridgehead atoms. The van der Waals surface area contributed by atoms with Gasteiger partial charge in [-0.05, 0) is 43.7 Å². The average Bonchev–Trinajstić information content (AvgIpc) is 3.48. The number of hydrogen-bond acceptors (Lipinski definition) is 7. The highest BCUT2D eigenvalue weighted by Crippen LogP contribution is 2.27. The van der Waals surface area contributed by atoms with Gasteiger partial charge in [0.25, 0.3) is 0 Å². The van der Waals surface area contributed by atoms with Crippen LogP contribution < -0.4 is 22.3 Å². The van der Waals surface area contributed by atoms with E-state index in [4.69, 9.17) is 11.6 Å². The summed E-state index contributed by atoms with van der Waals surface area (Å²) in [4.78, 5) is 32.2. The van der Waals surface area contributed by atoms with Gasteiger partial charge in [0.05, 0.1) is 16.1 Å². The highest BCUT2D eigenvalue weighted by Gasteiger charge is 2.33. The van der Waals surface area contributed by atoms with Crippen LogP contribution in [-0.2, 0) is 16.1 Å². The minimum absolute atomic E-state index is 0.0491. The predicted molar refractivity (Wildman–Crippen MR) is 145 cm³/mol. The Morgan fingerprint density at radius 1 is 1.26 bits per heavy atom. The zero-order chi connectivity index (χ0) is 26.4. The molecule has 1 aromatic carbocycles. The topological polar surface area (TPSA) is 126 Å². The molecule has 0 aliphatic carbocycles. The van der Waals surface area contributed by atoms with Crippen molar-refractivity contribution in [1.82, 2.24) is 20.6 Å². The zero-order valence-electron chi connectivity index (χ0n) is 21.9. The molecule has 2 aromatic rings. The van der Waals surface area contributed by atoms with Gasteiger partial charge in [0, 0.05) is 31.4 Å². The molecule has 1 atom stereocenters. The van der Waals surface area contributed by atoms with Crippen LogP contribution in [0.2, 0.25) is 0 Å². The Morgan fingerprint density at radius 3 is 2.40 bits per heavy atom. The zero-order valence-corrected chi connectivity index (χ0v) is 22.7. The number of carbonyl (C=O) groups is 2. The van der Waals surface area contributed by atoms with Gasteiger partial charge in [0.1, 0.15) is 6.04 Å². The molecule has 3 rings (SSSR count). The van der Waals surface area contributed by atoms with Crippen molar-refractivity contribution in [3.8, 4) is 10.4 Å². The molecule has 2 heterocycles. The number of nitrogens with two attached hydrogens (primary N) is 2. The van der Waals surface area contributed by atoms with Crippen molar-refractivity contribution in [2.75, 3.05) is 6.54 Å². The van der Waals surface area contributed by atoms with Crippen LogP contribution in [0.3, 0.4) is 0 Å². The number of hydrogen-bond donors (Lipinski definition) is 4. The Bertz CT molecular complexity index is 936. The second-order valence-electron chi connectivity index (χ2n) is 8.58. The molecule has 1 unspecified atom stereocenters. The Morgan fingerprint density at radius 2 is 1.91 bits per heavy atom. The third-order valence-corrected chi connectivity index (χ3v) is 6.18. The Hall–Kier alpha value is -2.91. The van der Waals surface area contributed by atoms with Gasteiger partial charge in [0.2, 0.25) is 11.8 Å². The van der Waals surface area contributed by atoms with Crippen LogP contribution in [0.15, 0.2) is 41.7 Å². The summed E-state index contributed by atoms with van der Waals surface area (Å²) >= 11 is 1.63. The number of nitrogens with zero attached hydrogens (tertiary/aromatic N) is 2. The molecule has 6 N–H and O–H groups in total. The lowest BCUT2D eigenvalue weighted by Gasteiger charge is -2.24. The van der Waals surface area contributed by atoms with E-state index in [1.54, 1.807) is 23.2 Å². The number of aromatic nitrogens is 1. The molecule has 2 amide bonds. The summed E-state index contributed by atoms with van der Waals surface area (Å²) in [7, 11) is 0. The normalized spacial score (nSPS) is 15.0. The fraction of sp³-hybridized carbons (Fsp3) is 0.500. The second kappa shape index (κ2) is 15.9. The second-order valence-corrected chi connectivity index (χ2v) is 9.43. The molecular weight excluding hydrogens is 460 g/mol. The lowest BCUT2D eigenvalue weighted by Crippen LogP contribution is -2.46. The lowest BCUT2D eigenvalue weighted by atomic mass is 10.1. The number of rotatable bonds is 7. The molecule has 35 heavy (non-hydrogen) atoms. The quantitative estimate of drug-likeness (QED) is 0.334. The number of aryl methyl sites for hydroxylation is 1. The number of nitrogens with one attached hydrogen (secondary N) is 2. The van der Waals surface area contributed by atoms with Gasteiger partial charge < -0.3 is 21.4 Å². The first-order valence-corrected chi connectivity index (χ1v) is 13.1. The molecule has 1 aromatic heterocycles. The van der Waals surface area contributed by atoms with E-state index in [1.165, 1.54) is 11.1 Å². The van der Waals surface area contributed by atoms with Crippen molar-refractivity contribution in [1.29, 1.82) is 0 Å². The van der Waals surface area contributed by atoms with Crippen molar-refractivity contribution in [3.63, 3.8) is 0 Å². The predicted octanol–water partition coefficient (Wildman–Crippen LogP) is 4.07. The maximum atomic E-state index is 12.6. The van der Waals surface area contributed by atoms with E-state index in [2.05, 4.69) is 27.9 Å². The maximum absolute atomic E-state index is 12.6. The largest absolute Gasteiger partial charge is 0.401 e. The molecule has 1 fully saturated rings. The van der Waals surface area contributed by atoms with Gasteiger partial charge in [-0.15, -0.1) is 11.3 Å². The van der Waals surface area contributed by atoms with E-state index in [9.17, 15) is 9.59 Å². The lowest BCUT2D eigenvalue weighted by molar-refractivity contribution is -0.139. The third kappa shape index (κ3) is 10.1. The van der Waals surface area contributed by atoms with Crippen molar-refractivity contribution in [2.24, 2.45) is 17.5 Å². The summed E-state index contributed by atoms with van der Waals surface area (Å²) in [5.41, 5.74) is 13.2. The van der Waals surface area contributed by atoms with Crippen LogP contribution >= 0.6 is 11.3 Å². The maximum Gasteiger partial charge on any atom is 0.243 e. The Balaban J connectivity index is 0.000000670. The van der Waals surface area contributed by atoms with Crippen LogP contribution in [0.25, 0.3) is 10.4 Å². The van der Waals surface area contributed by atoms with Crippen molar-refractivity contribution in [3.05, 3.63) is 52.9 Å². The molecule has 194 valence electrons. The molecule has 1 aliphatic heterocycles. The van der Waals surface area contributed by atoms with Crippen molar-refractivity contribution in [2.45, 2.75) is 73.4 Å². The number of allylic oxidation sites excluding steroid dienone is 1. The minimum atomic E-state index is -0.324. The molecule has 9 heteroatoms. The highest BCUT2D eigenvalue weighted by atomic mass is 32.1. The van der Waals surface area contributed by atoms with Crippen LogP contribution in [0.1, 0.15) is 65.1 Å². The molecule has 0 saturated carbocycles. The fourth-order valence-corrected chi connectivity index (χ4v) is 4.41. The van der Waals surface area contributed by atoms with Gasteiger partial charge in [-0.1, -0.05) is 52.0 Å². The van der Waals surface area contributed by atoms with Gasteiger partial charge in [-0.3, -0.25) is 15.4 Å². The molecular formula is C26H42N6O2S. The summed E-state index contributed by atoms with van der Waals surface area (Å²) in [6.45, 7) is 13.0. The minimum Gasteiger partial charge on any atom is -0.401 e. The monoisotopic (exact) mass is 502 g/mol. The third-order valence-electron chi connectivity index (χ3n) is 5.20. The first-order chi connectivity index (χ1) is 16.7. The van der Waals surface area contributed by atoms with Crippen LogP contribution in [0.4, 0.5) is 0 Å². The van der Waals surface area contributed by atoms with Crippen LogP contribution in [0, 0.1) is 12.8 Å². The Kier molecular flexibility index (Phi) is 13.7. The van der Waals surface area contributed by atoms with E-state index in [-0.39, 0.29) is 17.9 Å². The number of benzene rings is 1. The van der Waals surface area contributed by atoms with Gasteiger partial charge in [-0.2, -0.15) is 0 Å². The van der Waals surface area contributed by atoms with E-state index >= 15 is 0 Å². The van der Waals surface area contributed by atoms with E-state index in [0.717, 1.165) is 29.7 Å². The number of carbonyl (C=O) groups excluding carboxylic acids is 2. The average molecular weight is 503 g/mol. The van der Waals surface area contributed by atoms with Crippen molar-refractivity contribution < 1.29 is 9.59 Å². The first-order valence-electron chi connectivity index (χ1n) is 12.2. The molecule has 8 nitrogen and oxygen atoms in total. The van der Waals surface area contributed by atoms with Gasteiger partial charge in [-0.25, -0.2) is 4.98 Å².